The number of alkyl halides is 3. The molecule has 0 radical (unpaired) electrons. The summed E-state index contributed by atoms with van der Waals surface area (Å²) in [6.07, 6.45) is -4.34. The van der Waals surface area contributed by atoms with Crippen molar-refractivity contribution in [2.45, 2.75) is 19.1 Å². The van der Waals surface area contributed by atoms with Crippen LogP contribution in [0.4, 0.5) is 13.2 Å². The topological polar surface area (TPSA) is 32.3 Å². The number of nitrogens with one attached hydrogen (secondary N) is 1. The molecule has 0 aromatic heterocycles. The Bertz CT molecular complexity index is 509. The summed E-state index contributed by atoms with van der Waals surface area (Å²) in [6, 6.07) is 4.49. The molecule has 21 heavy (non-hydrogen) atoms. The van der Waals surface area contributed by atoms with Gasteiger partial charge in [0, 0.05) is 17.1 Å². The lowest BCUT2D eigenvalue weighted by Crippen LogP contribution is -2.40. The van der Waals surface area contributed by atoms with E-state index in [4.69, 9.17) is 23.2 Å². The molecule has 1 unspecified atom stereocenters. The first kappa shape index (κ1) is 18.1. The van der Waals surface area contributed by atoms with Crippen molar-refractivity contribution in [3.8, 4) is 0 Å². The molecule has 118 valence electrons. The molecule has 0 saturated heterocycles. The molecular weight excluding hydrogens is 328 g/mol. The summed E-state index contributed by atoms with van der Waals surface area (Å²) in [6.45, 7) is 0.130. The quantitative estimate of drug-likeness (QED) is 0.885. The number of carbonyl (C=O) groups is 1. The Kier molecular flexibility index (Phi) is 6.31. The minimum Gasteiger partial charge on any atom is -0.338 e. The van der Waals surface area contributed by atoms with E-state index >= 15 is 0 Å². The smallest absolute Gasteiger partial charge is 0.338 e. The molecule has 0 heterocycles. The van der Waals surface area contributed by atoms with Crippen LogP contribution >= 0.6 is 23.2 Å². The fraction of sp³-hybridized carbons (Fsp3) is 0.462. The van der Waals surface area contributed by atoms with Gasteiger partial charge >= 0.3 is 6.18 Å². The van der Waals surface area contributed by atoms with Crippen molar-refractivity contribution in [2.75, 3.05) is 20.1 Å². The van der Waals surface area contributed by atoms with Crippen LogP contribution in [0.1, 0.15) is 18.5 Å². The maximum absolute atomic E-state index is 12.0. The molecule has 1 rings (SSSR count). The summed E-state index contributed by atoms with van der Waals surface area (Å²) in [7, 11) is 1.51. The molecule has 1 aromatic rings. The van der Waals surface area contributed by atoms with Crippen LogP contribution in [0.25, 0.3) is 0 Å². The molecule has 8 heteroatoms. The third-order valence-electron chi connectivity index (χ3n) is 2.99. The van der Waals surface area contributed by atoms with E-state index in [0.717, 1.165) is 0 Å². The zero-order valence-electron chi connectivity index (χ0n) is 11.5. The number of hydrogen-bond donors (Lipinski definition) is 1. The number of carbonyl (C=O) groups excluding carboxylic acids is 1. The molecule has 1 atom stereocenters. The molecule has 0 bridgehead atoms. The van der Waals surface area contributed by atoms with Gasteiger partial charge < -0.3 is 10.2 Å². The van der Waals surface area contributed by atoms with Gasteiger partial charge in [-0.3, -0.25) is 4.79 Å². The Hall–Kier alpha value is -0.980. The first-order valence-corrected chi connectivity index (χ1v) is 6.85. The van der Waals surface area contributed by atoms with Gasteiger partial charge in [-0.15, -0.1) is 0 Å². The van der Waals surface area contributed by atoms with E-state index in [1.54, 1.807) is 25.1 Å². The van der Waals surface area contributed by atoms with E-state index in [1.807, 2.05) is 0 Å². The number of benzene rings is 1. The first-order chi connectivity index (χ1) is 9.61. The normalized spacial score (nSPS) is 13.1. The van der Waals surface area contributed by atoms with Crippen LogP contribution in [-0.2, 0) is 4.79 Å². The molecule has 1 amide bonds. The predicted molar refractivity (Wildman–Crippen MR) is 76.6 cm³/mol. The van der Waals surface area contributed by atoms with Gasteiger partial charge in [0.15, 0.2) is 0 Å². The van der Waals surface area contributed by atoms with Gasteiger partial charge in [-0.2, -0.15) is 13.2 Å². The summed E-state index contributed by atoms with van der Waals surface area (Å²) in [4.78, 5) is 13.2. The molecule has 0 fully saturated rings. The first-order valence-electron chi connectivity index (χ1n) is 6.10. The zero-order chi connectivity index (χ0) is 16.2. The second-order valence-electron chi connectivity index (χ2n) is 4.57. The van der Waals surface area contributed by atoms with Crippen LogP contribution in [-0.4, -0.2) is 37.1 Å². The molecule has 0 aliphatic carbocycles. The van der Waals surface area contributed by atoms with Crippen LogP contribution in [0.15, 0.2) is 18.2 Å². The highest BCUT2D eigenvalue weighted by Crippen LogP contribution is 2.29. The summed E-state index contributed by atoms with van der Waals surface area (Å²) in [5, 5.41) is 2.94. The maximum atomic E-state index is 12.0. The number of rotatable bonds is 5. The van der Waals surface area contributed by atoms with Crippen molar-refractivity contribution in [1.82, 2.24) is 10.2 Å². The Morgan fingerprint density at radius 1 is 1.38 bits per heavy atom. The fourth-order valence-corrected chi connectivity index (χ4v) is 2.27. The lowest BCUT2D eigenvalue weighted by atomic mass is 10.1. The Balaban J connectivity index is 2.65. The molecular formula is C13H15Cl2F3N2O. The van der Waals surface area contributed by atoms with Gasteiger partial charge in [0.05, 0.1) is 19.1 Å². The standard InChI is InChI=1S/C13H15Cl2F3N2O/c1-8(10-4-3-9(14)5-11(10)15)20(2)12(21)6-19-7-13(16,17)18/h3-5,8,19H,6-7H2,1-2H3. The summed E-state index contributed by atoms with van der Waals surface area (Å²) < 4.78 is 36.0. The van der Waals surface area contributed by atoms with Crippen LogP contribution in [0.3, 0.4) is 0 Å². The third-order valence-corrected chi connectivity index (χ3v) is 3.55. The average molecular weight is 343 g/mol. The number of halogens is 5. The van der Waals surface area contributed by atoms with Crippen molar-refractivity contribution in [1.29, 1.82) is 0 Å². The average Bonchev–Trinajstić information content (AvgIpc) is 2.35. The van der Waals surface area contributed by atoms with Crippen LogP contribution < -0.4 is 5.32 Å². The summed E-state index contributed by atoms with van der Waals surface area (Å²) in [5.41, 5.74) is 0.674. The lowest BCUT2D eigenvalue weighted by Gasteiger charge is -2.26. The molecule has 0 spiro atoms. The molecule has 0 aliphatic rings. The maximum Gasteiger partial charge on any atom is 0.401 e. The van der Waals surface area contributed by atoms with E-state index in [9.17, 15) is 18.0 Å². The van der Waals surface area contributed by atoms with Crippen LogP contribution in [0.5, 0.6) is 0 Å². The van der Waals surface area contributed by atoms with Crippen molar-refractivity contribution in [2.24, 2.45) is 0 Å². The van der Waals surface area contributed by atoms with Gasteiger partial charge in [0.25, 0.3) is 0 Å². The SMILES string of the molecule is CC(c1ccc(Cl)cc1Cl)N(C)C(=O)CNCC(F)(F)F. The van der Waals surface area contributed by atoms with Crippen molar-refractivity contribution in [3.05, 3.63) is 33.8 Å². The number of likely N-dealkylation sites (N-methyl/N-ethyl adjacent to an activating group) is 1. The van der Waals surface area contributed by atoms with Gasteiger partial charge in [0.2, 0.25) is 5.91 Å². The highest BCUT2D eigenvalue weighted by atomic mass is 35.5. The van der Waals surface area contributed by atoms with E-state index in [0.29, 0.717) is 15.6 Å². The number of hydrogen-bond acceptors (Lipinski definition) is 2. The number of amides is 1. The molecule has 0 aliphatic heterocycles. The highest BCUT2D eigenvalue weighted by Gasteiger charge is 2.27. The Labute approximate surface area is 131 Å². The lowest BCUT2D eigenvalue weighted by molar-refractivity contribution is -0.134. The predicted octanol–water partition coefficient (Wildman–Crippen LogP) is 3.66. The molecule has 3 nitrogen and oxygen atoms in total. The Morgan fingerprint density at radius 2 is 2.00 bits per heavy atom. The van der Waals surface area contributed by atoms with Gasteiger partial charge in [0.1, 0.15) is 0 Å². The van der Waals surface area contributed by atoms with Crippen molar-refractivity contribution < 1.29 is 18.0 Å². The summed E-state index contributed by atoms with van der Waals surface area (Å²) in [5.74, 6) is -0.460. The van der Waals surface area contributed by atoms with Crippen molar-refractivity contribution >= 4 is 29.1 Å². The highest BCUT2D eigenvalue weighted by molar-refractivity contribution is 6.35. The van der Waals surface area contributed by atoms with Crippen molar-refractivity contribution in [3.63, 3.8) is 0 Å². The van der Waals surface area contributed by atoms with E-state index in [1.165, 1.54) is 11.9 Å². The minimum atomic E-state index is -4.34. The monoisotopic (exact) mass is 342 g/mol. The van der Waals surface area contributed by atoms with E-state index < -0.39 is 25.2 Å². The van der Waals surface area contributed by atoms with Gasteiger partial charge in [-0.05, 0) is 24.6 Å². The second kappa shape index (κ2) is 7.33. The van der Waals surface area contributed by atoms with Gasteiger partial charge in [-0.1, -0.05) is 29.3 Å². The van der Waals surface area contributed by atoms with Gasteiger partial charge in [-0.25, -0.2) is 0 Å². The minimum absolute atomic E-state index is 0.380. The largest absolute Gasteiger partial charge is 0.401 e. The molecule has 0 saturated carbocycles. The third kappa shape index (κ3) is 5.73. The molecule has 1 N–H and O–H groups in total. The van der Waals surface area contributed by atoms with E-state index in [-0.39, 0.29) is 6.04 Å². The molecule has 1 aromatic carbocycles. The van der Waals surface area contributed by atoms with Crippen LogP contribution in [0.2, 0.25) is 10.0 Å². The second-order valence-corrected chi connectivity index (χ2v) is 5.41. The zero-order valence-corrected chi connectivity index (χ0v) is 13.0. The summed E-state index contributed by atoms with van der Waals surface area (Å²) >= 11 is 11.8. The fourth-order valence-electron chi connectivity index (χ4n) is 1.70. The van der Waals surface area contributed by atoms with Crippen LogP contribution in [0, 0.1) is 0 Å². The number of nitrogens with zero attached hydrogens (tertiary/aromatic N) is 1. The Morgan fingerprint density at radius 3 is 2.52 bits per heavy atom. The van der Waals surface area contributed by atoms with E-state index in [2.05, 4.69) is 5.32 Å².